The Labute approximate surface area is 117 Å². The van der Waals surface area contributed by atoms with E-state index >= 15 is 0 Å². The SMILES string of the molecule is COCCOCOc1c(C#N)cc(Cl)c(F)c1Br. The molecule has 7 heteroatoms. The third-order valence-electron chi connectivity index (χ3n) is 1.96. The number of nitriles is 1. The van der Waals surface area contributed by atoms with Crippen LogP contribution in [-0.2, 0) is 9.47 Å². The molecule has 0 saturated carbocycles. The number of hydrogen-bond acceptors (Lipinski definition) is 4. The normalized spacial score (nSPS) is 10.2. The van der Waals surface area contributed by atoms with Crippen LogP contribution >= 0.6 is 27.5 Å². The van der Waals surface area contributed by atoms with Gasteiger partial charge < -0.3 is 14.2 Å². The number of methoxy groups -OCH3 is 1. The van der Waals surface area contributed by atoms with Gasteiger partial charge in [-0.2, -0.15) is 5.26 Å². The van der Waals surface area contributed by atoms with Gasteiger partial charge in [0.1, 0.15) is 6.07 Å². The maximum absolute atomic E-state index is 13.5. The van der Waals surface area contributed by atoms with Crippen LogP contribution in [0.25, 0.3) is 0 Å². The molecule has 1 rings (SSSR count). The lowest BCUT2D eigenvalue weighted by Gasteiger charge is -2.11. The number of halogens is 3. The molecule has 0 aliphatic rings. The zero-order valence-corrected chi connectivity index (χ0v) is 11.8. The third-order valence-corrected chi connectivity index (χ3v) is 2.94. The molecule has 0 aliphatic heterocycles. The molecule has 0 fully saturated rings. The van der Waals surface area contributed by atoms with Crippen molar-refractivity contribution >= 4 is 27.5 Å². The van der Waals surface area contributed by atoms with E-state index in [0.717, 1.165) is 0 Å². The Balaban J connectivity index is 2.76. The number of hydrogen-bond donors (Lipinski definition) is 0. The summed E-state index contributed by atoms with van der Waals surface area (Å²) in [7, 11) is 1.54. The summed E-state index contributed by atoms with van der Waals surface area (Å²) >= 11 is 8.60. The second kappa shape index (κ2) is 7.54. The quantitative estimate of drug-likeness (QED) is 0.454. The van der Waals surface area contributed by atoms with Crippen LogP contribution in [0.4, 0.5) is 4.39 Å². The van der Waals surface area contributed by atoms with Crippen molar-refractivity contribution in [2.45, 2.75) is 0 Å². The summed E-state index contributed by atoms with van der Waals surface area (Å²) in [6.45, 7) is 0.647. The molecule has 0 saturated heterocycles. The van der Waals surface area contributed by atoms with E-state index in [1.54, 1.807) is 7.11 Å². The summed E-state index contributed by atoms with van der Waals surface area (Å²) in [5.74, 6) is -0.612. The van der Waals surface area contributed by atoms with Gasteiger partial charge in [-0.1, -0.05) is 11.6 Å². The molecule has 0 atom stereocenters. The molecule has 4 nitrogen and oxygen atoms in total. The van der Waals surface area contributed by atoms with Gasteiger partial charge in [0.05, 0.1) is 28.3 Å². The lowest BCUT2D eigenvalue weighted by atomic mass is 10.2. The molecule has 98 valence electrons. The average Bonchev–Trinajstić information content (AvgIpc) is 2.37. The first kappa shape index (κ1) is 15.2. The van der Waals surface area contributed by atoms with E-state index in [1.807, 2.05) is 6.07 Å². The van der Waals surface area contributed by atoms with Gasteiger partial charge in [-0.25, -0.2) is 4.39 Å². The van der Waals surface area contributed by atoms with Crippen molar-refractivity contribution in [1.29, 1.82) is 5.26 Å². The fourth-order valence-corrected chi connectivity index (χ4v) is 1.96. The number of benzene rings is 1. The Morgan fingerprint density at radius 1 is 1.50 bits per heavy atom. The summed E-state index contributed by atoms with van der Waals surface area (Å²) in [5, 5.41) is 8.76. The summed E-state index contributed by atoms with van der Waals surface area (Å²) < 4.78 is 28.6. The van der Waals surface area contributed by atoms with Crippen molar-refractivity contribution in [1.82, 2.24) is 0 Å². The van der Waals surface area contributed by atoms with E-state index in [-0.39, 0.29) is 27.6 Å². The van der Waals surface area contributed by atoms with Gasteiger partial charge in [0.15, 0.2) is 18.4 Å². The molecule has 18 heavy (non-hydrogen) atoms. The van der Waals surface area contributed by atoms with Crippen LogP contribution in [0.3, 0.4) is 0 Å². The zero-order chi connectivity index (χ0) is 13.5. The number of nitrogens with zero attached hydrogens (tertiary/aromatic N) is 1. The van der Waals surface area contributed by atoms with E-state index in [4.69, 9.17) is 31.1 Å². The summed E-state index contributed by atoms with van der Waals surface area (Å²) in [4.78, 5) is 0. The van der Waals surface area contributed by atoms with Crippen molar-refractivity contribution in [2.75, 3.05) is 27.1 Å². The van der Waals surface area contributed by atoms with Crippen LogP contribution in [0.15, 0.2) is 10.5 Å². The van der Waals surface area contributed by atoms with Gasteiger partial charge in [-0.3, -0.25) is 0 Å². The lowest BCUT2D eigenvalue weighted by Crippen LogP contribution is -2.09. The Morgan fingerprint density at radius 2 is 2.22 bits per heavy atom. The molecule has 0 spiro atoms. The molecule has 0 N–H and O–H groups in total. The van der Waals surface area contributed by atoms with Gasteiger partial charge in [0.2, 0.25) is 0 Å². The van der Waals surface area contributed by atoms with Gasteiger partial charge in [0.25, 0.3) is 0 Å². The second-order valence-corrected chi connectivity index (χ2v) is 4.34. The van der Waals surface area contributed by atoms with E-state index in [9.17, 15) is 4.39 Å². The highest BCUT2D eigenvalue weighted by Gasteiger charge is 2.16. The molecule has 0 radical (unpaired) electrons. The van der Waals surface area contributed by atoms with Crippen LogP contribution in [0, 0.1) is 17.1 Å². The zero-order valence-electron chi connectivity index (χ0n) is 9.50. The van der Waals surface area contributed by atoms with Gasteiger partial charge in [-0.15, -0.1) is 0 Å². The number of ether oxygens (including phenoxy) is 3. The summed E-state index contributed by atoms with van der Waals surface area (Å²) in [6.07, 6.45) is 0. The molecule has 1 aromatic rings. The highest BCUT2D eigenvalue weighted by molar-refractivity contribution is 9.10. The molecular formula is C11H10BrClFNO3. The van der Waals surface area contributed by atoms with Gasteiger partial charge in [-0.05, 0) is 22.0 Å². The largest absolute Gasteiger partial charge is 0.465 e. The maximum Gasteiger partial charge on any atom is 0.189 e. The molecular weight excluding hydrogens is 328 g/mol. The minimum atomic E-state index is -0.678. The smallest absolute Gasteiger partial charge is 0.189 e. The maximum atomic E-state index is 13.5. The van der Waals surface area contributed by atoms with Crippen molar-refractivity contribution in [3.8, 4) is 11.8 Å². The van der Waals surface area contributed by atoms with Crippen molar-refractivity contribution in [2.24, 2.45) is 0 Å². The molecule has 0 bridgehead atoms. The van der Waals surface area contributed by atoms with Crippen molar-refractivity contribution in [3.63, 3.8) is 0 Å². The lowest BCUT2D eigenvalue weighted by molar-refractivity contribution is -0.00905. The van der Waals surface area contributed by atoms with E-state index in [0.29, 0.717) is 13.2 Å². The van der Waals surface area contributed by atoms with Crippen LogP contribution < -0.4 is 4.74 Å². The average molecular weight is 339 g/mol. The van der Waals surface area contributed by atoms with Crippen molar-refractivity contribution < 1.29 is 18.6 Å². The molecule has 0 amide bonds. The fourth-order valence-electron chi connectivity index (χ4n) is 1.10. The standard InChI is InChI=1S/C11H10BrClFNO3/c1-16-2-3-17-6-18-11-7(5-15)4-8(13)10(14)9(11)12/h4H,2-3,6H2,1H3. The first-order valence-corrected chi connectivity index (χ1v) is 6.06. The Morgan fingerprint density at radius 3 is 2.83 bits per heavy atom. The topological polar surface area (TPSA) is 51.5 Å². The van der Waals surface area contributed by atoms with E-state index in [2.05, 4.69) is 15.9 Å². The first-order valence-electron chi connectivity index (χ1n) is 4.88. The Kier molecular flexibility index (Phi) is 6.36. The molecule has 0 unspecified atom stereocenters. The van der Waals surface area contributed by atoms with Crippen LogP contribution in [0.2, 0.25) is 5.02 Å². The van der Waals surface area contributed by atoms with Gasteiger partial charge >= 0.3 is 0 Å². The summed E-state index contributed by atoms with van der Waals surface area (Å²) in [6, 6.07) is 3.07. The fraction of sp³-hybridized carbons (Fsp3) is 0.364. The predicted octanol–water partition coefficient (Wildman–Crippen LogP) is 3.11. The second-order valence-electron chi connectivity index (χ2n) is 3.14. The first-order chi connectivity index (χ1) is 8.61. The molecule has 0 aromatic heterocycles. The van der Waals surface area contributed by atoms with Gasteiger partial charge in [0, 0.05) is 7.11 Å². The van der Waals surface area contributed by atoms with Crippen LogP contribution in [0.5, 0.6) is 5.75 Å². The van der Waals surface area contributed by atoms with Crippen LogP contribution in [0.1, 0.15) is 5.56 Å². The predicted molar refractivity (Wildman–Crippen MR) is 67.1 cm³/mol. The molecule has 0 aliphatic carbocycles. The van der Waals surface area contributed by atoms with Crippen LogP contribution in [-0.4, -0.2) is 27.1 Å². The Bertz CT molecular complexity index is 465. The third kappa shape index (κ3) is 3.82. The highest BCUT2D eigenvalue weighted by Crippen LogP contribution is 2.35. The summed E-state index contributed by atoms with van der Waals surface area (Å²) in [5.41, 5.74) is 0.128. The van der Waals surface area contributed by atoms with E-state index < -0.39 is 5.82 Å². The molecule has 0 heterocycles. The Hall–Kier alpha value is -0.870. The van der Waals surface area contributed by atoms with E-state index in [1.165, 1.54) is 6.07 Å². The molecule has 1 aromatic carbocycles. The minimum absolute atomic E-state index is 0.00175. The monoisotopic (exact) mass is 337 g/mol. The highest BCUT2D eigenvalue weighted by atomic mass is 79.9. The van der Waals surface area contributed by atoms with Crippen molar-refractivity contribution in [3.05, 3.63) is 26.9 Å². The minimum Gasteiger partial charge on any atom is -0.465 e. The number of rotatable bonds is 6.